The Morgan fingerprint density at radius 1 is 1.19 bits per heavy atom. The first-order valence-corrected chi connectivity index (χ1v) is 7.89. The molecule has 2 aromatic rings. The van der Waals surface area contributed by atoms with Crippen LogP contribution in [0.3, 0.4) is 0 Å². The first-order valence-electron chi connectivity index (χ1n) is 7.10. The maximum atomic E-state index is 11.7. The van der Waals surface area contributed by atoms with E-state index in [0.29, 0.717) is 17.2 Å². The number of carbonyl (C=O) groups excluding carboxylic acids is 1. The standard InChI is InChI=1S/C18H19BrO2/c1-4-12(2)15-7-5-6-8-17(15)21-18-11-14(19)9-10-16(18)13(3)20/h5-12H,4H2,1-3H3. The minimum Gasteiger partial charge on any atom is -0.456 e. The van der Waals surface area contributed by atoms with Gasteiger partial charge in [0.1, 0.15) is 11.5 Å². The van der Waals surface area contributed by atoms with Gasteiger partial charge in [0, 0.05) is 4.47 Å². The highest BCUT2D eigenvalue weighted by atomic mass is 79.9. The van der Waals surface area contributed by atoms with Crippen molar-refractivity contribution >= 4 is 21.7 Å². The first kappa shape index (κ1) is 15.8. The molecule has 1 unspecified atom stereocenters. The molecule has 0 saturated carbocycles. The second kappa shape index (κ2) is 6.90. The number of benzene rings is 2. The zero-order chi connectivity index (χ0) is 15.4. The third kappa shape index (κ3) is 3.73. The lowest BCUT2D eigenvalue weighted by atomic mass is 9.98. The summed E-state index contributed by atoms with van der Waals surface area (Å²) in [5.41, 5.74) is 1.76. The van der Waals surface area contributed by atoms with Crippen LogP contribution in [0.4, 0.5) is 0 Å². The van der Waals surface area contributed by atoms with Crippen LogP contribution in [0.2, 0.25) is 0 Å². The van der Waals surface area contributed by atoms with Crippen LogP contribution in [-0.4, -0.2) is 5.78 Å². The van der Waals surface area contributed by atoms with Crippen molar-refractivity contribution in [3.63, 3.8) is 0 Å². The number of carbonyl (C=O) groups is 1. The molecule has 2 rings (SSSR count). The quantitative estimate of drug-likeness (QED) is 0.624. The Morgan fingerprint density at radius 2 is 1.90 bits per heavy atom. The second-order valence-electron chi connectivity index (χ2n) is 5.15. The molecule has 21 heavy (non-hydrogen) atoms. The summed E-state index contributed by atoms with van der Waals surface area (Å²) in [6.45, 7) is 5.88. The zero-order valence-electron chi connectivity index (χ0n) is 12.5. The summed E-state index contributed by atoms with van der Waals surface area (Å²) < 4.78 is 6.95. The fraction of sp³-hybridized carbons (Fsp3) is 0.278. The van der Waals surface area contributed by atoms with Crippen molar-refractivity contribution in [1.82, 2.24) is 0 Å². The number of ether oxygens (including phenoxy) is 1. The lowest BCUT2D eigenvalue weighted by molar-refractivity contribution is 0.101. The summed E-state index contributed by atoms with van der Waals surface area (Å²) in [6, 6.07) is 13.5. The highest BCUT2D eigenvalue weighted by molar-refractivity contribution is 9.10. The highest BCUT2D eigenvalue weighted by Crippen LogP contribution is 2.34. The SMILES string of the molecule is CCC(C)c1ccccc1Oc1cc(Br)ccc1C(C)=O. The van der Waals surface area contributed by atoms with Gasteiger partial charge in [-0.05, 0) is 49.1 Å². The Kier molecular flexibility index (Phi) is 5.18. The fourth-order valence-corrected chi connectivity index (χ4v) is 2.53. The van der Waals surface area contributed by atoms with E-state index >= 15 is 0 Å². The lowest BCUT2D eigenvalue weighted by Gasteiger charge is -2.17. The zero-order valence-corrected chi connectivity index (χ0v) is 14.1. The normalized spacial score (nSPS) is 12.0. The minimum atomic E-state index is -0.00137. The molecule has 2 aromatic carbocycles. The number of ketones is 1. The topological polar surface area (TPSA) is 26.3 Å². The van der Waals surface area contributed by atoms with E-state index in [2.05, 4.69) is 35.8 Å². The van der Waals surface area contributed by atoms with Crippen molar-refractivity contribution in [3.8, 4) is 11.5 Å². The lowest BCUT2D eigenvalue weighted by Crippen LogP contribution is -2.00. The van der Waals surface area contributed by atoms with Crippen molar-refractivity contribution in [3.05, 3.63) is 58.1 Å². The second-order valence-corrected chi connectivity index (χ2v) is 6.06. The summed E-state index contributed by atoms with van der Waals surface area (Å²) in [5, 5.41) is 0. The van der Waals surface area contributed by atoms with Crippen LogP contribution in [0, 0.1) is 0 Å². The Bertz CT molecular complexity index is 649. The van der Waals surface area contributed by atoms with Crippen LogP contribution < -0.4 is 4.74 Å². The molecule has 1 atom stereocenters. The number of rotatable bonds is 5. The third-order valence-corrected chi connectivity index (χ3v) is 4.10. The molecule has 0 aromatic heterocycles. The van der Waals surface area contributed by atoms with Crippen LogP contribution >= 0.6 is 15.9 Å². The number of Topliss-reactive ketones (excluding diaryl/α,β-unsaturated/α-hetero) is 1. The molecule has 0 spiro atoms. The Morgan fingerprint density at radius 3 is 2.57 bits per heavy atom. The smallest absolute Gasteiger partial charge is 0.163 e. The van der Waals surface area contributed by atoms with E-state index in [4.69, 9.17) is 4.74 Å². The summed E-state index contributed by atoms with van der Waals surface area (Å²) >= 11 is 3.43. The average molecular weight is 347 g/mol. The summed E-state index contributed by atoms with van der Waals surface area (Å²) in [4.78, 5) is 11.7. The van der Waals surface area contributed by atoms with Gasteiger partial charge in [-0.25, -0.2) is 0 Å². The van der Waals surface area contributed by atoms with Crippen LogP contribution in [0.1, 0.15) is 49.0 Å². The van der Waals surface area contributed by atoms with Crippen LogP contribution in [-0.2, 0) is 0 Å². The maximum absolute atomic E-state index is 11.7. The molecule has 0 fully saturated rings. The molecule has 110 valence electrons. The molecular weight excluding hydrogens is 328 g/mol. The molecule has 0 N–H and O–H groups in total. The van der Waals surface area contributed by atoms with Gasteiger partial charge in [-0.2, -0.15) is 0 Å². The fourth-order valence-electron chi connectivity index (χ4n) is 2.19. The van der Waals surface area contributed by atoms with E-state index in [1.165, 1.54) is 0 Å². The first-order chi connectivity index (χ1) is 10.0. The number of halogens is 1. The van der Waals surface area contributed by atoms with Crippen LogP contribution in [0.15, 0.2) is 46.9 Å². The van der Waals surface area contributed by atoms with Gasteiger partial charge in [0.25, 0.3) is 0 Å². The number of para-hydroxylation sites is 1. The largest absolute Gasteiger partial charge is 0.456 e. The molecule has 0 heterocycles. The Labute approximate surface area is 134 Å². The third-order valence-electron chi connectivity index (χ3n) is 3.61. The van der Waals surface area contributed by atoms with Crippen molar-refractivity contribution < 1.29 is 9.53 Å². The van der Waals surface area contributed by atoms with Crippen molar-refractivity contribution in [2.24, 2.45) is 0 Å². The summed E-state index contributed by atoms with van der Waals surface area (Å²) in [6.07, 6.45) is 1.04. The van der Waals surface area contributed by atoms with Gasteiger partial charge in [-0.1, -0.05) is 48.0 Å². The van der Waals surface area contributed by atoms with E-state index in [1.807, 2.05) is 30.3 Å². The minimum absolute atomic E-state index is 0.00137. The van der Waals surface area contributed by atoms with Gasteiger partial charge < -0.3 is 4.74 Å². The van der Waals surface area contributed by atoms with Gasteiger partial charge in [-0.3, -0.25) is 4.79 Å². The van der Waals surface area contributed by atoms with E-state index in [0.717, 1.165) is 22.2 Å². The van der Waals surface area contributed by atoms with E-state index in [9.17, 15) is 4.79 Å². The van der Waals surface area contributed by atoms with Gasteiger partial charge in [0.05, 0.1) is 5.56 Å². The number of hydrogen-bond acceptors (Lipinski definition) is 2. The van der Waals surface area contributed by atoms with Gasteiger partial charge >= 0.3 is 0 Å². The molecule has 2 nitrogen and oxygen atoms in total. The Hall–Kier alpha value is -1.61. The molecule has 3 heteroatoms. The van der Waals surface area contributed by atoms with E-state index in [-0.39, 0.29) is 5.78 Å². The summed E-state index contributed by atoms with van der Waals surface area (Å²) in [7, 11) is 0. The molecule has 0 bridgehead atoms. The van der Waals surface area contributed by atoms with Gasteiger partial charge in [0.15, 0.2) is 5.78 Å². The van der Waals surface area contributed by atoms with Crippen LogP contribution in [0.25, 0.3) is 0 Å². The molecule has 0 amide bonds. The highest BCUT2D eigenvalue weighted by Gasteiger charge is 2.14. The molecule has 0 aliphatic rings. The van der Waals surface area contributed by atoms with Crippen molar-refractivity contribution in [2.75, 3.05) is 0 Å². The average Bonchev–Trinajstić information content (AvgIpc) is 2.47. The van der Waals surface area contributed by atoms with Crippen LogP contribution in [0.5, 0.6) is 11.5 Å². The molecule has 0 aliphatic heterocycles. The molecule has 0 radical (unpaired) electrons. The summed E-state index contributed by atoms with van der Waals surface area (Å²) in [5.74, 6) is 1.81. The monoisotopic (exact) mass is 346 g/mol. The van der Waals surface area contributed by atoms with Crippen molar-refractivity contribution in [2.45, 2.75) is 33.1 Å². The van der Waals surface area contributed by atoms with Gasteiger partial charge in [-0.15, -0.1) is 0 Å². The van der Waals surface area contributed by atoms with E-state index < -0.39 is 0 Å². The molecule has 0 aliphatic carbocycles. The van der Waals surface area contributed by atoms with E-state index in [1.54, 1.807) is 13.0 Å². The predicted octanol–water partition coefficient (Wildman–Crippen LogP) is 5.96. The predicted molar refractivity (Wildman–Crippen MR) is 89.4 cm³/mol. The van der Waals surface area contributed by atoms with Crippen molar-refractivity contribution in [1.29, 1.82) is 0 Å². The number of hydrogen-bond donors (Lipinski definition) is 0. The maximum Gasteiger partial charge on any atom is 0.163 e. The van der Waals surface area contributed by atoms with Gasteiger partial charge in [0.2, 0.25) is 0 Å². The molecular formula is C18H19BrO2. The Balaban J connectivity index is 2.43. The molecule has 0 saturated heterocycles.